The lowest BCUT2D eigenvalue weighted by molar-refractivity contribution is -0.135. The lowest BCUT2D eigenvalue weighted by Gasteiger charge is -2.23. The number of urea groups is 1. The Labute approximate surface area is 180 Å². The van der Waals surface area contributed by atoms with Gasteiger partial charge in [-0.25, -0.2) is 4.79 Å². The summed E-state index contributed by atoms with van der Waals surface area (Å²) in [4.78, 5) is 43.8. The summed E-state index contributed by atoms with van der Waals surface area (Å²) in [5, 5.41) is 5.62. The summed E-state index contributed by atoms with van der Waals surface area (Å²) in [6.45, 7) is 1.25. The molecule has 4 rings (SSSR count). The van der Waals surface area contributed by atoms with E-state index < -0.39 is 29.4 Å². The third-order valence-electron chi connectivity index (χ3n) is 5.35. The first-order chi connectivity index (χ1) is 15.0. The number of imide groups is 1. The van der Waals surface area contributed by atoms with Gasteiger partial charge in [0.15, 0.2) is 0 Å². The summed E-state index contributed by atoms with van der Waals surface area (Å²) < 4.78 is 0. The predicted octanol–water partition coefficient (Wildman–Crippen LogP) is 2.75. The molecule has 3 aromatic rings. The van der Waals surface area contributed by atoms with Gasteiger partial charge in [0.2, 0.25) is 5.91 Å². The molecule has 2 N–H and O–H groups in total. The monoisotopic (exact) mass is 414 g/mol. The maximum absolute atomic E-state index is 13.0. The van der Waals surface area contributed by atoms with Crippen molar-refractivity contribution in [2.24, 2.45) is 0 Å². The van der Waals surface area contributed by atoms with Crippen molar-refractivity contribution in [1.29, 1.82) is 0 Å². The summed E-state index contributed by atoms with van der Waals surface area (Å²) in [5.74, 6) is -0.923. The summed E-state index contributed by atoms with van der Waals surface area (Å²) in [7, 11) is 0. The molecule has 1 aliphatic rings. The van der Waals surface area contributed by atoms with Crippen LogP contribution in [-0.2, 0) is 15.1 Å². The second kappa shape index (κ2) is 8.39. The van der Waals surface area contributed by atoms with Crippen molar-refractivity contribution in [2.75, 3.05) is 6.54 Å². The fourth-order valence-corrected chi connectivity index (χ4v) is 3.68. The number of carbonyl (C=O) groups excluding carboxylic acids is 3. The lowest BCUT2D eigenvalue weighted by Crippen LogP contribution is -2.44. The molecule has 0 bridgehead atoms. The average molecular weight is 414 g/mol. The first-order valence-electron chi connectivity index (χ1n) is 9.94. The van der Waals surface area contributed by atoms with Crippen molar-refractivity contribution < 1.29 is 14.4 Å². The molecule has 7 heteroatoms. The van der Waals surface area contributed by atoms with Crippen LogP contribution < -0.4 is 10.6 Å². The summed E-state index contributed by atoms with van der Waals surface area (Å²) in [6, 6.07) is 22.7. The van der Waals surface area contributed by atoms with Crippen molar-refractivity contribution in [1.82, 2.24) is 20.5 Å². The second-order valence-electron chi connectivity index (χ2n) is 7.48. The van der Waals surface area contributed by atoms with Gasteiger partial charge in [-0.05, 0) is 30.2 Å². The highest BCUT2D eigenvalue weighted by atomic mass is 16.2. The van der Waals surface area contributed by atoms with Crippen molar-refractivity contribution in [3.63, 3.8) is 0 Å². The molecule has 0 saturated carbocycles. The zero-order valence-corrected chi connectivity index (χ0v) is 17.0. The highest BCUT2D eigenvalue weighted by Crippen LogP contribution is 2.28. The van der Waals surface area contributed by atoms with Crippen LogP contribution in [0.3, 0.4) is 0 Å². The van der Waals surface area contributed by atoms with Gasteiger partial charge in [-0.3, -0.25) is 19.5 Å². The van der Waals surface area contributed by atoms with Crippen molar-refractivity contribution in [3.8, 4) is 0 Å². The Bertz CT molecular complexity index is 1050. The molecule has 2 aromatic carbocycles. The SMILES string of the molecule is CC1(c2ccccc2)NC(=O)N(CC(=O)NC(c2ccccc2)c2ccccn2)C1=O. The van der Waals surface area contributed by atoms with Crippen LogP contribution in [-0.4, -0.2) is 34.3 Å². The number of rotatable bonds is 6. The van der Waals surface area contributed by atoms with Gasteiger partial charge in [-0.1, -0.05) is 66.7 Å². The van der Waals surface area contributed by atoms with E-state index in [0.717, 1.165) is 10.5 Å². The molecule has 0 radical (unpaired) electrons. The molecule has 2 atom stereocenters. The second-order valence-corrected chi connectivity index (χ2v) is 7.48. The Kier molecular flexibility index (Phi) is 5.49. The summed E-state index contributed by atoms with van der Waals surface area (Å²) >= 11 is 0. The molecule has 4 amide bonds. The molecule has 1 aromatic heterocycles. The van der Waals surface area contributed by atoms with E-state index >= 15 is 0 Å². The van der Waals surface area contributed by atoms with Gasteiger partial charge in [0, 0.05) is 6.20 Å². The number of hydrogen-bond donors (Lipinski definition) is 2. The van der Waals surface area contributed by atoms with Crippen LogP contribution in [0.2, 0.25) is 0 Å². The van der Waals surface area contributed by atoms with E-state index in [0.29, 0.717) is 11.3 Å². The minimum absolute atomic E-state index is 0.386. The van der Waals surface area contributed by atoms with E-state index in [-0.39, 0.29) is 6.54 Å². The molecule has 2 heterocycles. The maximum Gasteiger partial charge on any atom is 0.325 e. The normalized spacial score (nSPS) is 19.1. The minimum atomic E-state index is -1.21. The van der Waals surface area contributed by atoms with Crippen LogP contribution in [0.25, 0.3) is 0 Å². The molecule has 1 saturated heterocycles. The highest BCUT2D eigenvalue weighted by molar-refractivity contribution is 6.09. The van der Waals surface area contributed by atoms with E-state index in [1.807, 2.05) is 48.5 Å². The zero-order valence-electron chi connectivity index (χ0n) is 17.0. The lowest BCUT2D eigenvalue weighted by atomic mass is 9.92. The molecular formula is C24H22N4O3. The number of benzene rings is 2. The fourth-order valence-electron chi connectivity index (χ4n) is 3.68. The van der Waals surface area contributed by atoms with Crippen molar-refractivity contribution >= 4 is 17.8 Å². The Morgan fingerprint density at radius 1 is 1.00 bits per heavy atom. The van der Waals surface area contributed by atoms with Crippen LogP contribution in [0, 0.1) is 0 Å². The molecule has 2 unspecified atom stereocenters. The first-order valence-corrected chi connectivity index (χ1v) is 9.94. The summed E-state index contributed by atoms with van der Waals surface area (Å²) in [5.41, 5.74) is 0.958. The molecule has 1 aliphatic heterocycles. The Balaban J connectivity index is 1.53. The number of hydrogen-bond acceptors (Lipinski definition) is 4. The van der Waals surface area contributed by atoms with Crippen LogP contribution in [0.5, 0.6) is 0 Å². The molecule has 31 heavy (non-hydrogen) atoms. The average Bonchev–Trinajstić information content (AvgIpc) is 3.03. The quantitative estimate of drug-likeness (QED) is 0.607. The number of pyridine rings is 1. The van der Waals surface area contributed by atoms with Gasteiger partial charge < -0.3 is 10.6 Å². The number of nitrogens with one attached hydrogen (secondary N) is 2. The fraction of sp³-hybridized carbons (Fsp3) is 0.167. The molecule has 1 fully saturated rings. The van der Waals surface area contributed by atoms with Crippen molar-refractivity contribution in [2.45, 2.75) is 18.5 Å². The zero-order chi connectivity index (χ0) is 21.8. The topological polar surface area (TPSA) is 91.4 Å². The largest absolute Gasteiger partial charge is 0.342 e. The van der Waals surface area contributed by atoms with Crippen LogP contribution >= 0.6 is 0 Å². The van der Waals surface area contributed by atoms with E-state index in [2.05, 4.69) is 15.6 Å². The molecule has 0 aliphatic carbocycles. The molecular weight excluding hydrogens is 392 g/mol. The number of nitrogens with zero attached hydrogens (tertiary/aromatic N) is 2. The van der Waals surface area contributed by atoms with Gasteiger partial charge in [-0.2, -0.15) is 0 Å². The van der Waals surface area contributed by atoms with Crippen LogP contribution in [0.15, 0.2) is 85.1 Å². The Morgan fingerprint density at radius 3 is 2.29 bits per heavy atom. The Hall–Kier alpha value is -4.00. The minimum Gasteiger partial charge on any atom is -0.342 e. The van der Waals surface area contributed by atoms with Gasteiger partial charge in [-0.15, -0.1) is 0 Å². The maximum atomic E-state index is 13.0. The van der Waals surface area contributed by atoms with E-state index in [1.165, 1.54) is 0 Å². The van der Waals surface area contributed by atoms with Gasteiger partial charge in [0.05, 0.1) is 11.7 Å². The van der Waals surface area contributed by atoms with Crippen LogP contribution in [0.1, 0.15) is 29.8 Å². The predicted molar refractivity (Wildman–Crippen MR) is 115 cm³/mol. The van der Waals surface area contributed by atoms with E-state index in [1.54, 1.807) is 43.5 Å². The van der Waals surface area contributed by atoms with Crippen LogP contribution in [0.4, 0.5) is 4.79 Å². The highest BCUT2D eigenvalue weighted by Gasteiger charge is 2.49. The van der Waals surface area contributed by atoms with Crippen molar-refractivity contribution in [3.05, 3.63) is 102 Å². The number of carbonyl (C=O) groups is 3. The van der Waals surface area contributed by atoms with E-state index in [4.69, 9.17) is 0 Å². The standard InChI is InChI=1S/C24H22N4O3/c1-24(18-12-6-3-7-13-18)22(30)28(23(31)27-24)16-20(29)26-21(17-10-4-2-5-11-17)19-14-8-9-15-25-19/h2-15,21H,16H2,1H3,(H,26,29)(H,27,31). The third-order valence-corrected chi connectivity index (χ3v) is 5.35. The van der Waals surface area contributed by atoms with Gasteiger partial charge >= 0.3 is 6.03 Å². The first kappa shape index (κ1) is 20.3. The number of aromatic nitrogens is 1. The smallest absolute Gasteiger partial charge is 0.325 e. The van der Waals surface area contributed by atoms with Gasteiger partial charge in [0.1, 0.15) is 12.1 Å². The molecule has 0 spiro atoms. The third kappa shape index (κ3) is 4.02. The molecule has 7 nitrogen and oxygen atoms in total. The molecule has 156 valence electrons. The Morgan fingerprint density at radius 2 is 1.65 bits per heavy atom. The van der Waals surface area contributed by atoms with E-state index in [9.17, 15) is 14.4 Å². The summed E-state index contributed by atoms with van der Waals surface area (Å²) in [6.07, 6.45) is 1.65. The van der Waals surface area contributed by atoms with Gasteiger partial charge in [0.25, 0.3) is 5.91 Å². The number of amides is 4.